The normalized spacial score (nSPS) is 25.2. The summed E-state index contributed by atoms with van der Waals surface area (Å²) < 4.78 is 11.2. The van der Waals surface area contributed by atoms with Crippen molar-refractivity contribution in [1.82, 2.24) is 4.98 Å². The fourth-order valence-corrected chi connectivity index (χ4v) is 4.14. The van der Waals surface area contributed by atoms with Crippen molar-refractivity contribution in [1.29, 1.82) is 0 Å². The Labute approximate surface area is 169 Å². The Morgan fingerprint density at radius 3 is 2.72 bits per heavy atom. The lowest BCUT2D eigenvalue weighted by Gasteiger charge is -2.38. The number of hydrogen-bond acceptors (Lipinski definition) is 7. The number of nitrogens with zero attached hydrogens (tertiary/aromatic N) is 3. The lowest BCUT2D eigenvalue weighted by atomic mass is 9.75. The van der Waals surface area contributed by atoms with Gasteiger partial charge in [0.15, 0.2) is 12.4 Å². The van der Waals surface area contributed by atoms with E-state index in [0.29, 0.717) is 11.8 Å². The Hall–Kier alpha value is -2.71. The summed E-state index contributed by atoms with van der Waals surface area (Å²) in [5.74, 6) is -0.142. The van der Waals surface area contributed by atoms with Gasteiger partial charge >= 0.3 is 11.8 Å². The summed E-state index contributed by atoms with van der Waals surface area (Å²) in [6.45, 7) is 7.67. The molecule has 1 saturated carbocycles. The van der Waals surface area contributed by atoms with Gasteiger partial charge in [-0.05, 0) is 53.5 Å². The molecule has 4 atom stereocenters. The van der Waals surface area contributed by atoms with E-state index in [-0.39, 0.29) is 30.2 Å². The highest BCUT2D eigenvalue weighted by atomic mass is 16.6. The number of nitro groups is 1. The lowest BCUT2D eigenvalue weighted by Crippen LogP contribution is -2.50. The van der Waals surface area contributed by atoms with Crippen molar-refractivity contribution in [3.05, 3.63) is 22.2 Å². The fourth-order valence-electron chi connectivity index (χ4n) is 4.14. The molecule has 4 unspecified atom stereocenters. The third-order valence-electron chi connectivity index (χ3n) is 5.82. The van der Waals surface area contributed by atoms with Gasteiger partial charge in [-0.15, -0.1) is 0 Å². The van der Waals surface area contributed by atoms with E-state index in [2.05, 4.69) is 25.8 Å². The highest BCUT2D eigenvalue weighted by molar-refractivity contribution is 6.01. The van der Waals surface area contributed by atoms with E-state index in [1.165, 1.54) is 12.1 Å². The Kier molecular flexibility index (Phi) is 6.04. The van der Waals surface area contributed by atoms with Crippen LogP contribution in [0.4, 0.5) is 11.6 Å². The molecule has 1 aromatic heterocycles. The van der Waals surface area contributed by atoms with Crippen LogP contribution in [0.2, 0.25) is 0 Å². The predicted octanol–water partition coefficient (Wildman–Crippen LogP) is 3.11. The molecule has 3 rings (SSSR count). The Balaban J connectivity index is 1.83. The zero-order chi connectivity index (χ0) is 21.3. The Bertz CT molecular complexity index is 811. The minimum Gasteiger partial charge on any atom is -0.477 e. The van der Waals surface area contributed by atoms with Gasteiger partial charge in [-0.3, -0.25) is 9.69 Å². The van der Waals surface area contributed by atoms with Crippen LogP contribution in [0.25, 0.3) is 0 Å². The zero-order valence-electron chi connectivity index (χ0n) is 17.2. The predicted molar refractivity (Wildman–Crippen MR) is 105 cm³/mol. The molecule has 1 amide bonds. The number of hydrogen-bond donors (Lipinski definition) is 0. The summed E-state index contributed by atoms with van der Waals surface area (Å²) in [7, 11) is 0. The number of fused-ring (bicyclic) bond motifs is 1. The number of ether oxygens (including phenoxy) is 2. The van der Waals surface area contributed by atoms with E-state index < -0.39 is 28.7 Å². The molecule has 0 bridgehead atoms. The molecule has 1 aliphatic carbocycles. The number of pyridine rings is 1. The van der Waals surface area contributed by atoms with Crippen molar-refractivity contribution in [2.75, 3.05) is 11.5 Å². The highest BCUT2D eigenvalue weighted by Gasteiger charge is 2.41. The molecule has 0 spiro atoms. The SMILES string of the molecule is CC1CCC(C(C)C)C(OC(=O)C(C)N2C(=O)COc3ccc([N+](=O)[O-])nc32)C1. The van der Waals surface area contributed by atoms with Crippen molar-refractivity contribution in [3.63, 3.8) is 0 Å². The molecule has 0 N–H and O–H groups in total. The van der Waals surface area contributed by atoms with Crippen molar-refractivity contribution in [2.24, 2.45) is 17.8 Å². The quantitative estimate of drug-likeness (QED) is 0.420. The van der Waals surface area contributed by atoms with Crippen molar-refractivity contribution in [2.45, 2.75) is 59.1 Å². The van der Waals surface area contributed by atoms with Crippen LogP contribution in [0.15, 0.2) is 12.1 Å². The molecule has 0 aromatic carbocycles. The first-order chi connectivity index (χ1) is 13.7. The summed E-state index contributed by atoms with van der Waals surface area (Å²) >= 11 is 0. The second kappa shape index (κ2) is 8.34. The number of aromatic nitrogens is 1. The maximum absolute atomic E-state index is 12.9. The summed E-state index contributed by atoms with van der Waals surface area (Å²) in [6.07, 6.45) is 2.69. The topological polar surface area (TPSA) is 112 Å². The molecule has 1 aliphatic heterocycles. The summed E-state index contributed by atoms with van der Waals surface area (Å²) in [5.41, 5.74) is 0. The van der Waals surface area contributed by atoms with Gasteiger partial charge in [0.2, 0.25) is 0 Å². The number of anilines is 1. The number of esters is 1. The van der Waals surface area contributed by atoms with E-state index in [9.17, 15) is 19.7 Å². The third kappa shape index (κ3) is 4.33. The fraction of sp³-hybridized carbons (Fsp3) is 0.650. The molecule has 29 heavy (non-hydrogen) atoms. The van der Waals surface area contributed by atoms with Gasteiger partial charge in [-0.2, -0.15) is 0 Å². The summed E-state index contributed by atoms with van der Waals surface area (Å²) in [5, 5.41) is 11.1. The molecular weight excluding hydrogens is 378 g/mol. The second-order valence-corrected chi connectivity index (χ2v) is 8.28. The van der Waals surface area contributed by atoms with Crippen LogP contribution < -0.4 is 9.64 Å². The molecule has 9 heteroatoms. The minimum absolute atomic E-state index is 0.0303. The molecule has 0 radical (unpaired) electrons. The molecule has 9 nitrogen and oxygen atoms in total. The number of rotatable bonds is 5. The zero-order valence-corrected chi connectivity index (χ0v) is 17.2. The molecule has 158 valence electrons. The van der Waals surface area contributed by atoms with Gasteiger partial charge in [0.05, 0.1) is 0 Å². The van der Waals surface area contributed by atoms with Crippen molar-refractivity contribution in [3.8, 4) is 5.75 Å². The van der Waals surface area contributed by atoms with Crippen LogP contribution in [0, 0.1) is 27.9 Å². The van der Waals surface area contributed by atoms with E-state index >= 15 is 0 Å². The Morgan fingerprint density at radius 1 is 1.34 bits per heavy atom. The van der Waals surface area contributed by atoms with Crippen LogP contribution in [0.3, 0.4) is 0 Å². The van der Waals surface area contributed by atoms with E-state index in [0.717, 1.165) is 24.2 Å². The average Bonchev–Trinajstić information content (AvgIpc) is 2.66. The molecule has 2 heterocycles. The highest BCUT2D eigenvalue weighted by Crippen LogP contribution is 2.37. The minimum atomic E-state index is -0.968. The first-order valence-electron chi connectivity index (χ1n) is 9.99. The van der Waals surface area contributed by atoms with E-state index in [1.807, 2.05) is 0 Å². The third-order valence-corrected chi connectivity index (χ3v) is 5.82. The summed E-state index contributed by atoms with van der Waals surface area (Å²) in [6, 6.07) is 1.62. The van der Waals surface area contributed by atoms with Gasteiger partial charge in [0.25, 0.3) is 11.7 Å². The first kappa shape index (κ1) is 21.0. The smallest absolute Gasteiger partial charge is 0.366 e. The first-order valence-corrected chi connectivity index (χ1v) is 9.99. The molecule has 1 aromatic rings. The van der Waals surface area contributed by atoms with Crippen LogP contribution in [-0.4, -0.2) is 40.5 Å². The van der Waals surface area contributed by atoms with Gasteiger partial charge < -0.3 is 19.6 Å². The Morgan fingerprint density at radius 2 is 2.07 bits per heavy atom. The number of carbonyl (C=O) groups is 2. The monoisotopic (exact) mass is 405 g/mol. The van der Waals surface area contributed by atoms with Gasteiger partial charge in [0, 0.05) is 6.07 Å². The maximum atomic E-state index is 12.9. The van der Waals surface area contributed by atoms with Crippen LogP contribution in [0.5, 0.6) is 5.75 Å². The van der Waals surface area contributed by atoms with Gasteiger partial charge in [0.1, 0.15) is 12.1 Å². The van der Waals surface area contributed by atoms with Crippen LogP contribution in [-0.2, 0) is 14.3 Å². The van der Waals surface area contributed by atoms with E-state index in [1.54, 1.807) is 6.92 Å². The summed E-state index contributed by atoms with van der Waals surface area (Å²) in [4.78, 5) is 40.9. The maximum Gasteiger partial charge on any atom is 0.366 e. The van der Waals surface area contributed by atoms with E-state index in [4.69, 9.17) is 9.47 Å². The largest absolute Gasteiger partial charge is 0.477 e. The van der Waals surface area contributed by atoms with Crippen LogP contribution in [0.1, 0.15) is 47.0 Å². The standard InChI is InChI=1S/C20H27N3O6/c1-11(2)14-6-5-12(3)9-16(14)29-20(25)13(4)22-18(24)10-28-15-7-8-17(23(26)27)21-19(15)22/h7-8,11-14,16H,5-6,9-10H2,1-4H3. The van der Waals surface area contributed by atoms with Crippen molar-refractivity contribution >= 4 is 23.5 Å². The second-order valence-electron chi connectivity index (χ2n) is 8.28. The number of amides is 1. The number of carbonyl (C=O) groups excluding carboxylic acids is 2. The lowest BCUT2D eigenvalue weighted by molar-refractivity contribution is -0.389. The van der Waals surface area contributed by atoms with Gasteiger partial charge in [-0.25, -0.2) is 4.79 Å². The van der Waals surface area contributed by atoms with Gasteiger partial charge in [-0.1, -0.05) is 27.2 Å². The molecule has 1 fully saturated rings. The average molecular weight is 405 g/mol. The molecule has 0 saturated heterocycles. The van der Waals surface area contributed by atoms with Crippen molar-refractivity contribution < 1.29 is 24.0 Å². The molecule has 2 aliphatic rings. The molecular formula is C20H27N3O6. The van der Waals surface area contributed by atoms with Crippen LogP contribution >= 0.6 is 0 Å².